The van der Waals surface area contributed by atoms with Gasteiger partial charge in [-0.1, -0.05) is 30.3 Å². The van der Waals surface area contributed by atoms with Gasteiger partial charge in [-0.15, -0.1) is 0 Å². The minimum Gasteiger partial charge on any atom is -0.494 e. The van der Waals surface area contributed by atoms with E-state index >= 15 is 0 Å². The molecule has 164 valence electrons. The average Bonchev–Trinajstić information content (AvgIpc) is 2.74. The van der Waals surface area contributed by atoms with Gasteiger partial charge in [0.05, 0.1) is 16.9 Å². The fraction of sp³-hybridized carbons (Fsp3) is 0.143. The van der Waals surface area contributed by atoms with Crippen LogP contribution >= 0.6 is 0 Å². The summed E-state index contributed by atoms with van der Waals surface area (Å²) in [5.74, 6) is -0.888. The van der Waals surface area contributed by atoms with Crippen LogP contribution < -0.4 is 9.46 Å². The number of benzene rings is 3. The first-order valence-electron chi connectivity index (χ1n) is 9.10. The molecule has 0 unspecified atom stereocenters. The Morgan fingerprint density at radius 3 is 2.10 bits per heavy atom. The quantitative estimate of drug-likeness (QED) is 0.551. The molecule has 0 aliphatic carbocycles. The molecule has 0 fully saturated rings. The van der Waals surface area contributed by atoms with Gasteiger partial charge in [0.1, 0.15) is 0 Å². The van der Waals surface area contributed by atoms with E-state index in [9.17, 15) is 21.2 Å². The highest BCUT2D eigenvalue weighted by Crippen LogP contribution is 2.24. The van der Waals surface area contributed by atoms with Gasteiger partial charge in [0, 0.05) is 19.3 Å². The van der Waals surface area contributed by atoms with Gasteiger partial charge in [0.15, 0.2) is 11.6 Å². The number of nitrogens with zero attached hydrogens (tertiary/aromatic N) is 1. The third-order valence-electron chi connectivity index (χ3n) is 4.50. The van der Waals surface area contributed by atoms with Crippen LogP contribution in [0.25, 0.3) is 0 Å². The van der Waals surface area contributed by atoms with Crippen molar-refractivity contribution in [3.8, 4) is 5.75 Å². The van der Waals surface area contributed by atoms with Crippen molar-refractivity contribution in [3.05, 3.63) is 84.2 Å². The lowest BCUT2D eigenvalue weighted by Crippen LogP contribution is -2.26. The standard InChI is InChI=1S/C21H21FN2O5S2/c1-24(15-16-6-4-3-5-7-16)31(27,28)18-10-8-17(9-11-18)23-30(25,26)19-12-13-21(29-2)20(22)14-19/h3-14,23H,15H2,1-2H3. The molecule has 0 aliphatic rings. The molecule has 0 spiro atoms. The number of methoxy groups -OCH3 is 1. The number of nitrogens with one attached hydrogen (secondary N) is 1. The molecular weight excluding hydrogens is 443 g/mol. The SMILES string of the molecule is COc1ccc(S(=O)(=O)Nc2ccc(S(=O)(=O)N(C)Cc3ccccc3)cc2)cc1F. The number of rotatable bonds is 8. The zero-order chi connectivity index (χ0) is 22.6. The van der Waals surface area contributed by atoms with Crippen molar-refractivity contribution in [3.63, 3.8) is 0 Å². The Morgan fingerprint density at radius 2 is 1.52 bits per heavy atom. The van der Waals surface area contributed by atoms with Crippen molar-refractivity contribution in [2.75, 3.05) is 18.9 Å². The number of halogens is 1. The molecule has 31 heavy (non-hydrogen) atoms. The third-order valence-corrected chi connectivity index (χ3v) is 7.69. The molecule has 10 heteroatoms. The molecule has 0 aliphatic heterocycles. The van der Waals surface area contributed by atoms with Crippen molar-refractivity contribution in [2.24, 2.45) is 0 Å². The largest absolute Gasteiger partial charge is 0.494 e. The molecule has 3 aromatic rings. The Labute approximate surface area is 181 Å². The average molecular weight is 465 g/mol. The predicted octanol–water partition coefficient (Wildman–Crippen LogP) is 3.46. The minimum absolute atomic E-state index is 0.0179. The monoisotopic (exact) mass is 464 g/mol. The summed E-state index contributed by atoms with van der Waals surface area (Å²) in [4.78, 5) is -0.269. The van der Waals surface area contributed by atoms with Gasteiger partial charge in [0.2, 0.25) is 10.0 Å². The summed E-state index contributed by atoms with van der Waals surface area (Å²) < 4.78 is 72.7. The minimum atomic E-state index is -4.07. The summed E-state index contributed by atoms with van der Waals surface area (Å²) in [5, 5.41) is 0. The normalized spacial score (nSPS) is 12.0. The number of anilines is 1. The summed E-state index contributed by atoms with van der Waals surface area (Å²) in [7, 11) is -5.10. The van der Waals surface area contributed by atoms with Crippen molar-refractivity contribution in [1.29, 1.82) is 0 Å². The van der Waals surface area contributed by atoms with Crippen LogP contribution in [0.15, 0.2) is 82.6 Å². The Bertz CT molecular complexity index is 1260. The summed E-state index contributed by atoms with van der Waals surface area (Å²) in [5.41, 5.74) is 0.977. The molecule has 0 saturated heterocycles. The van der Waals surface area contributed by atoms with Crippen LogP contribution in [0.3, 0.4) is 0 Å². The first-order valence-corrected chi connectivity index (χ1v) is 12.0. The van der Waals surface area contributed by atoms with Crippen molar-refractivity contribution < 1.29 is 26.0 Å². The highest BCUT2D eigenvalue weighted by molar-refractivity contribution is 7.92. The molecular formula is C21H21FN2O5S2. The summed E-state index contributed by atoms with van der Waals surface area (Å²) in [6, 6.07) is 17.7. The zero-order valence-corrected chi connectivity index (χ0v) is 18.5. The smallest absolute Gasteiger partial charge is 0.262 e. The lowest BCUT2D eigenvalue weighted by molar-refractivity contribution is 0.385. The van der Waals surface area contributed by atoms with E-state index in [-0.39, 0.29) is 27.8 Å². The molecule has 0 bridgehead atoms. The maximum Gasteiger partial charge on any atom is 0.262 e. The van der Waals surface area contributed by atoms with Gasteiger partial charge < -0.3 is 4.74 Å². The van der Waals surface area contributed by atoms with E-state index in [1.54, 1.807) is 0 Å². The van der Waals surface area contributed by atoms with Crippen LogP contribution in [0.4, 0.5) is 10.1 Å². The molecule has 0 aromatic heterocycles. The second-order valence-corrected chi connectivity index (χ2v) is 10.4. The number of ether oxygens (including phenoxy) is 1. The van der Waals surface area contributed by atoms with Gasteiger partial charge in [-0.25, -0.2) is 21.2 Å². The zero-order valence-electron chi connectivity index (χ0n) is 16.8. The molecule has 3 aromatic carbocycles. The van der Waals surface area contributed by atoms with Crippen molar-refractivity contribution >= 4 is 25.7 Å². The Morgan fingerprint density at radius 1 is 0.903 bits per heavy atom. The summed E-state index contributed by atoms with van der Waals surface area (Å²) in [6.07, 6.45) is 0. The van der Waals surface area contributed by atoms with E-state index in [1.807, 2.05) is 30.3 Å². The summed E-state index contributed by atoms with van der Waals surface area (Å²) >= 11 is 0. The molecule has 3 rings (SSSR count). The van der Waals surface area contributed by atoms with Gasteiger partial charge >= 0.3 is 0 Å². The van der Waals surface area contributed by atoms with E-state index in [4.69, 9.17) is 4.74 Å². The van der Waals surface area contributed by atoms with Crippen LogP contribution in [-0.4, -0.2) is 35.3 Å². The molecule has 0 saturated carbocycles. The van der Waals surface area contributed by atoms with Crippen LogP contribution in [-0.2, 0) is 26.6 Å². The first-order chi connectivity index (χ1) is 14.6. The Kier molecular flexibility index (Phi) is 6.63. The Balaban J connectivity index is 1.77. The van der Waals surface area contributed by atoms with E-state index in [0.29, 0.717) is 0 Å². The first kappa shape index (κ1) is 22.7. The maximum atomic E-state index is 13.8. The molecule has 1 N–H and O–H groups in total. The van der Waals surface area contributed by atoms with Crippen molar-refractivity contribution in [2.45, 2.75) is 16.3 Å². The fourth-order valence-electron chi connectivity index (χ4n) is 2.83. The number of hydrogen-bond donors (Lipinski definition) is 1. The summed E-state index contributed by atoms with van der Waals surface area (Å²) in [6.45, 7) is 0.195. The van der Waals surface area contributed by atoms with Crippen LogP contribution in [0.5, 0.6) is 5.75 Å². The van der Waals surface area contributed by atoms with Crippen LogP contribution in [0.2, 0.25) is 0 Å². The van der Waals surface area contributed by atoms with Gasteiger partial charge in [-0.3, -0.25) is 4.72 Å². The van der Waals surface area contributed by atoms with Gasteiger partial charge in [-0.05, 0) is 48.0 Å². The van der Waals surface area contributed by atoms with E-state index in [2.05, 4.69) is 4.72 Å². The lowest BCUT2D eigenvalue weighted by atomic mass is 10.2. The van der Waals surface area contributed by atoms with E-state index in [1.165, 1.54) is 54.9 Å². The van der Waals surface area contributed by atoms with Crippen molar-refractivity contribution in [1.82, 2.24) is 4.31 Å². The third kappa shape index (κ3) is 5.22. The van der Waals surface area contributed by atoms with E-state index in [0.717, 1.165) is 11.6 Å². The topological polar surface area (TPSA) is 92.8 Å². The molecule has 7 nitrogen and oxygen atoms in total. The molecule has 0 atom stereocenters. The Hall–Kier alpha value is -2.95. The lowest BCUT2D eigenvalue weighted by Gasteiger charge is -2.17. The van der Waals surface area contributed by atoms with Crippen LogP contribution in [0.1, 0.15) is 5.56 Å². The van der Waals surface area contributed by atoms with Gasteiger partial charge in [-0.2, -0.15) is 4.31 Å². The number of sulfonamides is 2. The molecule has 0 heterocycles. The second kappa shape index (κ2) is 9.04. The highest BCUT2D eigenvalue weighted by Gasteiger charge is 2.22. The predicted molar refractivity (Wildman–Crippen MR) is 115 cm³/mol. The molecule has 0 radical (unpaired) electrons. The maximum absolute atomic E-state index is 13.8. The molecule has 0 amide bonds. The highest BCUT2D eigenvalue weighted by atomic mass is 32.2. The van der Waals surface area contributed by atoms with Crippen LogP contribution in [0, 0.1) is 5.82 Å². The fourth-order valence-corrected chi connectivity index (χ4v) is 5.06. The van der Waals surface area contributed by atoms with Gasteiger partial charge in [0.25, 0.3) is 10.0 Å². The van der Waals surface area contributed by atoms with E-state index < -0.39 is 25.9 Å². The number of hydrogen-bond acceptors (Lipinski definition) is 5. The second-order valence-electron chi connectivity index (χ2n) is 6.67.